The van der Waals surface area contributed by atoms with Gasteiger partial charge in [0.1, 0.15) is 5.75 Å². The fourth-order valence-electron chi connectivity index (χ4n) is 2.26. The average molecular weight is 383 g/mol. The minimum Gasteiger partial charge on any atom is -0.493 e. The van der Waals surface area contributed by atoms with Crippen molar-refractivity contribution >= 4 is 11.7 Å². The van der Waals surface area contributed by atoms with Crippen molar-refractivity contribution in [1.29, 1.82) is 0 Å². The molecule has 1 heterocycles. The molecule has 0 fully saturated rings. The number of benzene rings is 2. The van der Waals surface area contributed by atoms with E-state index in [-0.39, 0.29) is 37.1 Å². The van der Waals surface area contributed by atoms with Gasteiger partial charge in [-0.1, -0.05) is 17.7 Å². The van der Waals surface area contributed by atoms with Crippen LogP contribution in [0.25, 0.3) is 11.5 Å². The van der Waals surface area contributed by atoms with Crippen molar-refractivity contribution in [2.75, 3.05) is 6.61 Å². The van der Waals surface area contributed by atoms with Crippen LogP contribution < -0.4 is 4.74 Å². The number of esters is 1. The van der Waals surface area contributed by atoms with Gasteiger partial charge in [-0.15, -0.1) is 10.2 Å². The van der Waals surface area contributed by atoms with Crippen molar-refractivity contribution in [3.05, 3.63) is 70.1 Å². The van der Waals surface area contributed by atoms with Crippen LogP contribution in [0.1, 0.15) is 17.9 Å². The van der Waals surface area contributed by atoms with Crippen LogP contribution in [-0.2, 0) is 16.1 Å². The molecule has 2 aromatic carbocycles. The lowest BCUT2D eigenvalue weighted by atomic mass is 10.2. The van der Waals surface area contributed by atoms with Crippen LogP contribution in [0.4, 0.5) is 5.69 Å². The molecule has 0 N–H and O–H groups in total. The molecule has 0 unspecified atom stereocenters. The Labute approximate surface area is 160 Å². The molecular weight excluding hydrogens is 366 g/mol. The van der Waals surface area contributed by atoms with E-state index in [1.165, 1.54) is 24.3 Å². The quantitative estimate of drug-likeness (QED) is 0.330. The number of ether oxygens (including phenoxy) is 2. The molecule has 0 spiro atoms. The Kier molecular flexibility index (Phi) is 5.95. The number of carbonyl (C=O) groups excluding carboxylic acids is 1. The van der Waals surface area contributed by atoms with Gasteiger partial charge in [0.05, 0.1) is 18.0 Å². The van der Waals surface area contributed by atoms with Crippen molar-refractivity contribution in [2.24, 2.45) is 0 Å². The lowest BCUT2D eigenvalue weighted by Crippen LogP contribution is -2.10. The Morgan fingerprint density at radius 3 is 2.50 bits per heavy atom. The highest BCUT2D eigenvalue weighted by atomic mass is 16.6. The van der Waals surface area contributed by atoms with Gasteiger partial charge in [0.15, 0.2) is 6.61 Å². The molecule has 0 radical (unpaired) electrons. The van der Waals surface area contributed by atoms with E-state index in [1.54, 1.807) is 0 Å². The number of carbonyl (C=O) groups is 1. The number of hydrogen-bond acceptors (Lipinski definition) is 8. The first kappa shape index (κ1) is 19.0. The maximum Gasteiger partial charge on any atom is 0.309 e. The first-order valence-electron chi connectivity index (χ1n) is 8.43. The van der Waals surface area contributed by atoms with E-state index < -0.39 is 10.9 Å². The second-order valence-corrected chi connectivity index (χ2v) is 5.88. The summed E-state index contributed by atoms with van der Waals surface area (Å²) in [5.74, 6) is 0.537. The smallest absolute Gasteiger partial charge is 0.309 e. The summed E-state index contributed by atoms with van der Waals surface area (Å²) in [7, 11) is 0. The second-order valence-electron chi connectivity index (χ2n) is 5.88. The first-order valence-corrected chi connectivity index (χ1v) is 8.43. The SMILES string of the molecule is Cc1ccc(OCCC(=O)OCc2nnc(-c3ccc([N+](=O)[O-])cc3)o2)cc1. The molecule has 1 aromatic heterocycles. The van der Waals surface area contributed by atoms with Gasteiger partial charge in [-0.25, -0.2) is 0 Å². The number of aromatic nitrogens is 2. The fourth-order valence-corrected chi connectivity index (χ4v) is 2.26. The Bertz CT molecular complexity index is 951. The highest BCUT2D eigenvalue weighted by Crippen LogP contribution is 2.21. The highest BCUT2D eigenvalue weighted by Gasteiger charge is 2.13. The van der Waals surface area contributed by atoms with Crippen LogP contribution in [0.2, 0.25) is 0 Å². The highest BCUT2D eigenvalue weighted by molar-refractivity contribution is 5.69. The molecule has 3 aromatic rings. The molecule has 0 saturated carbocycles. The van der Waals surface area contributed by atoms with Gasteiger partial charge in [0.25, 0.3) is 11.6 Å². The lowest BCUT2D eigenvalue weighted by Gasteiger charge is -2.06. The number of rotatable bonds is 8. The van der Waals surface area contributed by atoms with E-state index in [9.17, 15) is 14.9 Å². The molecule has 28 heavy (non-hydrogen) atoms. The summed E-state index contributed by atoms with van der Waals surface area (Å²) in [6.45, 7) is 2.01. The van der Waals surface area contributed by atoms with Gasteiger partial charge in [0.2, 0.25) is 5.89 Å². The molecular formula is C19H17N3O6. The van der Waals surface area contributed by atoms with E-state index in [2.05, 4.69) is 10.2 Å². The predicted molar refractivity (Wildman–Crippen MR) is 97.5 cm³/mol. The van der Waals surface area contributed by atoms with Gasteiger partial charge in [-0.3, -0.25) is 14.9 Å². The van der Waals surface area contributed by atoms with Gasteiger partial charge < -0.3 is 13.9 Å². The third-order valence-electron chi connectivity index (χ3n) is 3.74. The van der Waals surface area contributed by atoms with Gasteiger partial charge in [0, 0.05) is 17.7 Å². The number of nitrogens with zero attached hydrogens (tertiary/aromatic N) is 3. The average Bonchev–Trinajstić information content (AvgIpc) is 3.17. The Morgan fingerprint density at radius 2 is 1.82 bits per heavy atom. The summed E-state index contributed by atoms with van der Waals surface area (Å²) in [5.41, 5.74) is 1.62. The van der Waals surface area contributed by atoms with E-state index in [1.807, 2.05) is 31.2 Å². The summed E-state index contributed by atoms with van der Waals surface area (Å²) in [6, 6.07) is 13.2. The van der Waals surface area contributed by atoms with E-state index in [4.69, 9.17) is 13.9 Å². The van der Waals surface area contributed by atoms with Crippen molar-refractivity contribution < 1.29 is 23.6 Å². The summed E-state index contributed by atoms with van der Waals surface area (Å²) >= 11 is 0. The molecule has 0 atom stereocenters. The fraction of sp³-hybridized carbons (Fsp3) is 0.211. The van der Waals surface area contributed by atoms with Crippen LogP contribution >= 0.6 is 0 Å². The topological polar surface area (TPSA) is 118 Å². The zero-order valence-electron chi connectivity index (χ0n) is 15.0. The van der Waals surface area contributed by atoms with E-state index in [0.29, 0.717) is 11.3 Å². The van der Waals surface area contributed by atoms with Crippen molar-refractivity contribution in [3.8, 4) is 17.2 Å². The maximum atomic E-state index is 11.8. The summed E-state index contributed by atoms with van der Waals surface area (Å²) in [4.78, 5) is 22.0. The van der Waals surface area contributed by atoms with E-state index in [0.717, 1.165) is 5.56 Å². The summed E-state index contributed by atoms with van der Waals surface area (Å²) < 4.78 is 16.0. The number of hydrogen-bond donors (Lipinski definition) is 0. The van der Waals surface area contributed by atoms with Gasteiger partial charge in [-0.2, -0.15) is 0 Å². The first-order chi connectivity index (χ1) is 13.5. The number of aryl methyl sites for hydroxylation is 1. The minimum absolute atomic E-state index is 0.0368. The molecule has 0 bridgehead atoms. The third-order valence-corrected chi connectivity index (χ3v) is 3.74. The molecule has 0 amide bonds. The molecule has 0 saturated heterocycles. The normalized spacial score (nSPS) is 10.5. The van der Waals surface area contributed by atoms with Crippen LogP contribution in [0.5, 0.6) is 5.75 Å². The molecule has 9 heteroatoms. The van der Waals surface area contributed by atoms with E-state index >= 15 is 0 Å². The number of non-ortho nitro benzene ring substituents is 1. The Morgan fingerprint density at radius 1 is 1.11 bits per heavy atom. The van der Waals surface area contributed by atoms with Crippen molar-refractivity contribution in [3.63, 3.8) is 0 Å². The molecule has 9 nitrogen and oxygen atoms in total. The van der Waals surface area contributed by atoms with Crippen LogP contribution in [0.15, 0.2) is 52.9 Å². The molecule has 3 rings (SSSR count). The van der Waals surface area contributed by atoms with Crippen LogP contribution in [0, 0.1) is 17.0 Å². The van der Waals surface area contributed by atoms with Crippen molar-refractivity contribution in [2.45, 2.75) is 20.0 Å². The zero-order chi connectivity index (χ0) is 19.9. The second kappa shape index (κ2) is 8.76. The minimum atomic E-state index is -0.495. The maximum absolute atomic E-state index is 11.8. The molecule has 0 aliphatic rings. The summed E-state index contributed by atoms with van der Waals surface area (Å²) in [5, 5.41) is 18.3. The zero-order valence-corrected chi connectivity index (χ0v) is 15.0. The lowest BCUT2D eigenvalue weighted by molar-refractivity contribution is -0.384. The molecule has 0 aliphatic heterocycles. The molecule has 0 aliphatic carbocycles. The standard InChI is InChI=1S/C19H17N3O6/c1-13-2-8-16(9-3-13)26-11-10-18(23)27-12-17-20-21-19(28-17)14-4-6-15(7-5-14)22(24)25/h2-9H,10-12H2,1H3. The van der Waals surface area contributed by atoms with Crippen LogP contribution in [0.3, 0.4) is 0 Å². The van der Waals surface area contributed by atoms with Gasteiger partial charge >= 0.3 is 5.97 Å². The predicted octanol–water partition coefficient (Wildman–Crippen LogP) is 3.47. The Hall–Kier alpha value is -3.75. The number of nitro benzene ring substituents is 1. The summed E-state index contributed by atoms with van der Waals surface area (Å²) in [6.07, 6.45) is 0.0806. The number of nitro groups is 1. The van der Waals surface area contributed by atoms with Crippen LogP contribution in [-0.4, -0.2) is 27.7 Å². The monoisotopic (exact) mass is 383 g/mol. The van der Waals surface area contributed by atoms with Crippen molar-refractivity contribution in [1.82, 2.24) is 10.2 Å². The molecule has 144 valence electrons. The van der Waals surface area contributed by atoms with Gasteiger partial charge in [-0.05, 0) is 31.2 Å². The largest absolute Gasteiger partial charge is 0.493 e. The Balaban J connectivity index is 1.45. The third kappa shape index (κ3) is 5.13.